The fourth-order valence-electron chi connectivity index (χ4n) is 5.43. The van der Waals surface area contributed by atoms with Crippen molar-refractivity contribution in [3.8, 4) is 0 Å². The molecular weight excluding hydrogens is 560 g/mol. The summed E-state index contributed by atoms with van der Waals surface area (Å²) in [6, 6.07) is 17.3. The smallest absolute Gasteiger partial charge is 0.335 e. The van der Waals surface area contributed by atoms with Crippen LogP contribution in [0.25, 0.3) is 0 Å². The first-order valence-electron chi connectivity index (χ1n) is 13.6. The number of anilines is 2. The number of hydrogen-bond acceptors (Lipinski definition) is 8. The van der Waals surface area contributed by atoms with Crippen molar-refractivity contribution in [3.05, 3.63) is 95.1 Å². The Kier molecular flexibility index (Phi) is 7.59. The van der Waals surface area contributed by atoms with Crippen LogP contribution in [0.15, 0.2) is 66.9 Å². The molecule has 1 atom stereocenters. The normalized spacial score (nSPS) is 16.0. The minimum atomic E-state index is -2.90. The van der Waals surface area contributed by atoms with E-state index in [1.807, 2.05) is 35.2 Å². The lowest BCUT2D eigenvalue weighted by Crippen LogP contribution is -2.50. The molecule has 2 aliphatic rings. The van der Waals surface area contributed by atoms with Crippen molar-refractivity contribution >= 4 is 29.1 Å². The van der Waals surface area contributed by atoms with Crippen LogP contribution in [0.5, 0.6) is 0 Å². The van der Waals surface area contributed by atoms with E-state index in [1.165, 1.54) is 13.1 Å². The number of nitrogens with one attached hydrogen (secondary N) is 1. The summed E-state index contributed by atoms with van der Waals surface area (Å²) in [4.78, 5) is 48.0. The number of halogens is 2. The number of alkyl halides is 2. The number of benzene rings is 2. The highest BCUT2D eigenvalue weighted by Crippen LogP contribution is 2.31. The SMILES string of the molecule is CC(=O)Nc1ccc2c(c1)C(=O)N(c1ccnc(C(=O)N3CCN(C(c4ccccc4)c4nnn(C(F)F)n4)CC3)c1)C2. The summed E-state index contributed by atoms with van der Waals surface area (Å²) < 4.78 is 26.3. The van der Waals surface area contributed by atoms with E-state index < -0.39 is 12.6 Å². The zero-order chi connectivity index (χ0) is 30.1. The van der Waals surface area contributed by atoms with Gasteiger partial charge in [0.15, 0.2) is 5.82 Å². The molecule has 3 amide bonds. The number of pyridine rings is 1. The summed E-state index contributed by atoms with van der Waals surface area (Å²) in [6.07, 6.45) is 1.50. The molecule has 1 saturated heterocycles. The van der Waals surface area contributed by atoms with E-state index >= 15 is 0 Å². The largest absolute Gasteiger partial charge is 0.350 e. The number of hydrogen-bond donors (Lipinski definition) is 1. The lowest BCUT2D eigenvalue weighted by atomic mass is 10.0. The molecule has 2 aromatic carbocycles. The lowest BCUT2D eigenvalue weighted by Gasteiger charge is -2.38. The van der Waals surface area contributed by atoms with Gasteiger partial charge in [0.05, 0.1) is 12.6 Å². The number of aromatic nitrogens is 5. The minimum absolute atomic E-state index is 0.154. The topological polar surface area (TPSA) is 129 Å². The van der Waals surface area contributed by atoms with Gasteiger partial charge in [0.1, 0.15) is 5.69 Å². The third kappa shape index (κ3) is 5.68. The van der Waals surface area contributed by atoms with Gasteiger partial charge in [-0.3, -0.25) is 24.3 Å². The Labute approximate surface area is 244 Å². The van der Waals surface area contributed by atoms with Gasteiger partial charge in [-0.05, 0) is 40.6 Å². The van der Waals surface area contributed by atoms with E-state index in [0.29, 0.717) is 49.7 Å². The number of nitrogens with zero attached hydrogens (tertiary/aromatic N) is 8. The summed E-state index contributed by atoms with van der Waals surface area (Å²) in [7, 11) is 0. The number of amides is 3. The predicted molar refractivity (Wildman–Crippen MR) is 150 cm³/mol. The average molecular weight is 588 g/mol. The zero-order valence-corrected chi connectivity index (χ0v) is 23.1. The molecule has 43 heavy (non-hydrogen) atoms. The molecule has 2 aliphatic heterocycles. The van der Waals surface area contributed by atoms with Crippen molar-refractivity contribution in [2.75, 3.05) is 36.4 Å². The van der Waals surface area contributed by atoms with E-state index in [4.69, 9.17) is 0 Å². The van der Waals surface area contributed by atoms with Crippen molar-refractivity contribution < 1.29 is 23.2 Å². The Morgan fingerprint density at radius 2 is 1.74 bits per heavy atom. The number of rotatable bonds is 7. The molecular formula is C29H27F2N9O3. The van der Waals surface area contributed by atoms with Crippen LogP contribution in [0.4, 0.5) is 20.2 Å². The highest BCUT2D eigenvalue weighted by molar-refractivity contribution is 6.11. The van der Waals surface area contributed by atoms with Gasteiger partial charge in [-0.2, -0.15) is 8.78 Å². The van der Waals surface area contributed by atoms with Crippen molar-refractivity contribution in [1.82, 2.24) is 35.0 Å². The second kappa shape index (κ2) is 11.6. The lowest BCUT2D eigenvalue weighted by molar-refractivity contribution is -0.114. The number of tetrazole rings is 1. The van der Waals surface area contributed by atoms with Crippen LogP contribution in [-0.4, -0.2) is 78.9 Å². The van der Waals surface area contributed by atoms with Gasteiger partial charge < -0.3 is 15.1 Å². The standard InChI is InChI=1S/C29H27F2N9O3/c1-18(41)33-21-8-7-20-17-39(27(42)23(20)15-21)22-9-10-32-24(16-22)28(43)38-13-11-37(12-14-38)25(19-5-3-2-4-6-19)26-34-36-40(35-26)29(30)31/h2-10,15-16,25,29H,11-14,17H2,1H3,(H,33,41). The van der Waals surface area contributed by atoms with Gasteiger partial charge in [-0.1, -0.05) is 41.2 Å². The molecule has 12 nitrogen and oxygen atoms in total. The summed E-state index contributed by atoms with van der Waals surface area (Å²) in [5, 5.41) is 14.0. The Bertz CT molecular complexity index is 1670. The van der Waals surface area contributed by atoms with E-state index in [1.54, 1.807) is 40.1 Å². The molecule has 0 spiro atoms. The molecule has 14 heteroatoms. The molecule has 0 aliphatic carbocycles. The summed E-state index contributed by atoms with van der Waals surface area (Å²) >= 11 is 0. The maximum atomic E-state index is 13.5. The van der Waals surface area contributed by atoms with E-state index in [0.717, 1.165) is 11.1 Å². The molecule has 1 unspecified atom stereocenters. The number of piperazine rings is 1. The van der Waals surface area contributed by atoms with Gasteiger partial charge in [0.25, 0.3) is 11.8 Å². The van der Waals surface area contributed by atoms with Crippen LogP contribution in [0.2, 0.25) is 0 Å². The third-order valence-electron chi connectivity index (χ3n) is 7.45. The van der Waals surface area contributed by atoms with E-state index in [2.05, 4.69) is 25.7 Å². The minimum Gasteiger partial charge on any atom is -0.335 e. The summed E-state index contributed by atoms with van der Waals surface area (Å²) in [5.74, 6) is -0.588. The molecule has 0 bridgehead atoms. The second-order valence-electron chi connectivity index (χ2n) is 10.2. The van der Waals surface area contributed by atoms with Crippen molar-refractivity contribution in [2.45, 2.75) is 26.1 Å². The van der Waals surface area contributed by atoms with Gasteiger partial charge in [-0.15, -0.1) is 10.2 Å². The average Bonchev–Trinajstić information content (AvgIpc) is 3.63. The quantitative estimate of drug-likeness (QED) is 0.349. The molecule has 0 radical (unpaired) electrons. The van der Waals surface area contributed by atoms with Crippen LogP contribution >= 0.6 is 0 Å². The maximum absolute atomic E-state index is 13.5. The maximum Gasteiger partial charge on any atom is 0.350 e. The Morgan fingerprint density at radius 3 is 2.44 bits per heavy atom. The highest BCUT2D eigenvalue weighted by Gasteiger charge is 2.33. The zero-order valence-electron chi connectivity index (χ0n) is 23.1. The van der Waals surface area contributed by atoms with E-state index in [9.17, 15) is 23.2 Å². The Morgan fingerprint density at radius 1 is 0.977 bits per heavy atom. The molecule has 2 aromatic heterocycles. The first-order valence-corrected chi connectivity index (χ1v) is 13.6. The van der Waals surface area contributed by atoms with Gasteiger partial charge in [0, 0.05) is 56.2 Å². The number of carbonyl (C=O) groups excluding carboxylic acids is 3. The van der Waals surface area contributed by atoms with Crippen LogP contribution < -0.4 is 10.2 Å². The van der Waals surface area contributed by atoms with Crippen LogP contribution in [0.3, 0.4) is 0 Å². The third-order valence-corrected chi connectivity index (χ3v) is 7.45. The van der Waals surface area contributed by atoms with Gasteiger partial charge in [0.2, 0.25) is 5.91 Å². The van der Waals surface area contributed by atoms with Crippen molar-refractivity contribution in [1.29, 1.82) is 0 Å². The molecule has 0 saturated carbocycles. The first-order chi connectivity index (χ1) is 20.8. The molecule has 4 aromatic rings. The van der Waals surface area contributed by atoms with Crippen LogP contribution in [0.1, 0.15) is 57.3 Å². The van der Waals surface area contributed by atoms with Crippen LogP contribution in [-0.2, 0) is 11.3 Å². The Hall–Kier alpha value is -5.11. The summed E-state index contributed by atoms with van der Waals surface area (Å²) in [5.41, 5.74) is 3.41. The highest BCUT2D eigenvalue weighted by atomic mass is 19.3. The van der Waals surface area contributed by atoms with Crippen LogP contribution in [0, 0.1) is 0 Å². The first kappa shape index (κ1) is 28.0. The summed E-state index contributed by atoms with van der Waals surface area (Å²) in [6.45, 7) is 0.416. The van der Waals surface area contributed by atoms with E-state index in [-0.39, 0.29) is 34.0 Å². The fourth-order valence-corrected chi connectivity index (χ4v) is 5.43. The second-order valence-corrected chi connectivity index (χ2v) is 10.2. The van der Waals surface area contributed by atoms with Gasteiger partial charge in [-0.25, -0.2) is 0 Å². The molecule has 1 N–H and O–H groups in total. The Balaban J connectivity index is 1.16. The van der Waals surface area contributed by atoms with Crippen molar-refractivity contribution in [3.63, 3.8) is 0 Å². The van der Waals surface area contributed by atoms with Crippen molar-refractivity contribution in [2.24, 2.45) is 0 Å². The monoisotopic (exact) mass is 587 g/mol. The van der Waals surface area contributed by atoms with Gasteiger partial charge >= 0.3 is 6.55 Å². The number of carbonyl (C=O) groups is 3. The predicted octanol–water partition coefficient (Wildman–Crippen LogP) is 3.13. The number of fused-ring (bicyclic) bond motifs is 1. The molecule has 6 rings (SSSR count). The fraction of sp³-hybridized carbons (Fsp3) is 0.276. The molecule has 1 fully saturated rings. The molecule has 220 valence electrons. The molecule has 4 heterocycles.